The number of hydrogen-bond acceptors (Lipinski definition) is 3. The summed E-state index contributed by atoms with van der Waals surface area (Å²) in [6, 6.07) is 22.4. The Labute approximate surface area is 146 Å². The Hall–Kier alpha value is -3.27. The van der Waals surface area contributed by atoms with E-state index in [0.29, 0.717) is 18.7 Å². The van der Waals surface area contributed by atoms with Crippen LogP contribution in [0.15, 0.2) is 85.2 Å². The van der Waals surface area contributed by atoms with Crippen LogP contribution in [0.3, 0.4) is 0 Å². The number of hydrogen-bond donors (Lipinski definition) is 0. The monoisotopic (exact) mass is 330 g/mol. The second-order valence-corrected chi connectivity index (χ2v) is 5.70. The topological polar surface area (TPSA) is 50.3 Å². The van der Waals surface area contributed by atoms with Crippen LogP contribution in [0.5, 0.6) is 0 Å². The van der Waals surface area contributed by atoms with Crippen LogP contribution in [0.25, 0.3) is 0 Å². The van der Waals surface area contributed by atoms with E-state index in [1.54, 1.807) is 17.0 Å². The number of rotatable bonds is 6. The second-order valence-electron chi connectivity index (χ2n) is 5.70. The van der Waals surface area contributed by atoms with Crippen LogP contribution in [0, 0.1) is 0 Å². The standard InChI is InChI=1S/C21H18N2O2/c24-20(19-11-13-22-14-12-19)21(25)23(15-17-7-3-1-4-8-17)16-18-9-5-2-6-10-18/h1-14H,15-16H2. The molecule has 0 spiro atoms. The minimum atomic E-state index is -0.519. The predicted octanol–water partition coefficient (Wildman–Crippen LogP) is 3.49. The quantitative estimate of drug-likeness (QED) is 0.513. The Bertz CT molecular complexity index is 792. The molecule has 1 aromatic heterocycles. The summed E-state index contributed by atoms with van der Waals surface area (Å²) < 4.78 is 0. The first-order valence-electron chi connectivity index (χ1n) is 8.05. The number of pyridine rings is 1. The summed E-state index contributed by atoms with van der Waals surface area (Å²) in [6.07, 6.45) is 3.03. The van der Waals surface area contributed by atoms with Gasteiger partial charge < -0.3 is 4.90 Å². The van der Waals surface area contributed by atoms with Crippen molar-refractivity contribution in [3.63, 3.8) is 0 Å². The zero-order chi connectivity index (χ0) is 17.5. The molecule has 0 bridgehead atoms. The molecule has 4 nitrogen and oxygen atoms in total. The summed E-state index contributed by atoms with van der Waals surface area (Å²) in [5.41, 5.74) is 2.31. The maximum absolute atomic E-state index is 12.8. The normalized spacial score (nSPS) is 10.2. The van der Waals surface area contributed by atoms with E-state index in [0.717, 1.165) is 11.1 Å². The highest BCUT2D eigenvalue weighted by Crippen LogP contribution is 2.12. The number of carbonyl (C=O) groups excluding carboxylic acids is 2. The molecule has 4 heteroatoms. The highest BCUT2D eigenvalue weighted by atomic mass is 16.2. The molecule has 1 heterocycles. The molecule has 0 atom stereocenters. The zero-order valence-electron chi connectivity index (χ0n) is 13.7. The third-order valence-corrected chi connectivity index (χ3v) is 3.86. The average molecular weight is 330 g/mol. The van der Waals surface area contributed by atoms with Gasteiger partial charge in [0.15, 0.2) is 0 Å². The van der Waals surface area contributed by atoms with E-state index in [4.69, 9.17) is 0 Å². The summed E-state index contributed by atoms with van der Waals surface area (Å²) in [5, 5.41) is 0. The molecule has 0 unspecified atom stereocenters. The first-order valence-corrected chi connectivity index (χ1v) is 8.05. The lowest BCUT2D eigenvalue weighted by atomic mass is 10.1. The lowest BCUT2D eigenvalue weighted by Gasteiger charge is -2.22. The summed E-state index contributed by atoms with van der Waals surface area (Å²) >= 11 is 0. The number of Topliss-reactive ketones (excluding diaryl/α,β-unsaturated/α-hetero) is 1. The van der Waals surface area contributed by atoms with Crippen molar-refractivity contribution in [2.75, 3.05) is 0 Å². The minimum Gasteiger partial charge on any atom is -0.327 e. The van der Waals surface area contributed by atoms with E-state index in [1.165, 1.54) is 12.4 Å². The second kappa shape index (κ2) is 8.02. The van der Waals surface area contributed by atoms with Gasteiger partial charge in [-0.1, -0.05) is 60.7 Å². The third-order valence-electron chi connectivity index (χ3n) is 3.86. The van der Waals surface area contributed by atoms with E-state index in [1.807, 2.05) is 60.7 Å². The maximum atomic E-state index is 12.8. The van der Waals surface area contributed by atoms with Gasteiger partial charge in [-0.15, -0.1) is 0 Å². The van der Waals surface area contributed by atoms with Crippen LogP contribution >= 0.6 is 0 Å². The fourth-order valence-electron chi connectivity index (χ4n) is 2.58. The van der Waals surface area contributed by atoms with Crippen molar-refractivity contribution in [3.05, 3.63) is 102 Å². The highest BCUT2D eigenvalue weighted by Gasteiger charge is 2.23. The smallest absolute Gasteiger partial charge is 0.295 e. The number of benzene rings is 2. The van der Waals surface area contributed by atoms with Crippen molar-refractivity contribution < 1.29 is 9.59 Å². The van der Waals surface area contributed by atoms with Gasteiger partial charge >= 0.3 is 0 Å². The van der Waals surface area contributed by atoms with E-state index < -0.39 is 11.7 Å². The number of nitrogens with zero attached hydrogens (tertiary/aromatic N) is 2. The molecule has 3 aromatic rings. The molecule has 0 aliphatic rings. The van der Waals surface area contributed by atoms with Gasteiger partial charge in [0.05, 0.1) is 0 Å². The van der Waals surface area contributed by atoms with Crippen molar-refractivity contribution in [2.45, 2.75) is 13.1 Å². The van der Waals surface area contributed by atoms with Gasteiger partial charge in [-0.3, -0.25) is 14.6 Å². The van der Waals surface area contributed by atoms with Gasteiger partial charge in [0.2, 0.25) is 0 Å². The van der Waals surface area contributed by atoms with Crippen molar-refractivity contribution in [3.8, 4) is 0 Å². The maximum Gasteiger partial charge on any atom is 0.295 e. The lowest BCUT2D eigenvalue weighted by molar-refractivity contribution is -0.127. The van der Waals surface area contributed by atoms with Crippen LogP contribution in [-0.2, 0) is 17.9 Å². The molecule has 124 valence electrons. The predicted molar refractivity (Wildman–Crippen MR) is 95.7 cm³/mol. The van der Waals surface area contributed by atoms with E-state index in [2.05, 4.69) is 4.98 Å². The Kier molecular flexibility index (Phi) is 5.32. The molecule has 3 rings (SSSR count). The van der Waals surface area contributed by atoms with Gasteiger partial charge in [-0.05, 0) is 23.3 Å². The van der Waals surface area contributed by atoms with Crippen LogP contribution in [0.4, 0.5) is 0 Å². The summed E-state index contributed by atoms with van der Waals surface area (Å²) in [5.74, 6) is -1.03. The Balaban J connectivity index is 1.84. The fraction of sp³-hybridized carbons (Fsp3) is 0.0952. The van der Waals surface area contributed by atoms with Crippen LogP contribution in [0.1, 0.15) is 21.5 Å². The first-order chi connectivity index (χ1) is 12.2. The van der Waals surface area contributed by atoms with Crippen molar-refractivity contribution in [2.24, 2.45) is 0 Å². The lowest BCUT2D eigenvalue weighted by Crippen LogP contribution is -2.35. The number of amides is 1. The highest BCUT2D eigenvalue weighted by molar-refractivity contribution is 6.42. The van der Waals surface area contributed by atoms with E-state index in [9.17, 15) is 9.59 Å². The number of carbonyl (C=O) groups is 2. The molecule has 0 radical (unpaired) electrons. The molecular formula is C21H18N2O2. The third kappa shape index (κ3) is 4.38. The molecule has 0 aliphatic carbocycles. The van der Waals surface area contributed by atoms with Crippen molar-refractivity contribution in [1.29, 1.82) is 0 Å². The number of aromatic nitrogens is 1. The average Bonchev–Trinajstić information content (AvgIpc) is 2.68. The largest absolute Gasteiger partial charge is 0.327 e. The molecule has 1 amide bonds. The summed E-state index contributed by atoms with van der Waals surface area (Å²) in [6.45, 7) is 0.761. The van der Waals surface area contributed by atoms with Crippen LogP contribution < -0.4 is 0 Å². The fourth-order valence-corrected chi connectivity index (χ4v) is 2.58. The molecule has 2 aromatic carbocycles. The van der Waals surface area contributed by atoms with Crippen LogP contribution in [0.2, 0.25) is 0 Å². The van der Waals surface area contributed by atoms with Gasteiger partial charge in [0.25, 0.3) is 11.7 Å². The van der Waals surface area contributed by atoms with E-state index >= 15 is 0 Å². The summed E-state index contributed by atoms with van der Waals surface area (Å²) in [7, 11) is 0. The summed E-state index contributed by atoms with van der Waals surface area (Å²) in [4.78, 5) is 30.8. The zero-order valence-corrected chi connectivity index (χ0v) is 13.7. The first kappa shape index (κ1) is 16.6. The molecule has 0 fully saturated rings. The Morgan fingerprint density at radius 3 is 1.68 bits per heavy atom. The van der Waals surface area contributed by atoms with Gasteiger partial charge in [-0.25, -0.2) is 0 Å². The van der Waals surface area contributed by atoms with Gasteiger partial charge in [-0.2, -0.15) is 0 Å². The SMILES string of the molecule is O=C(C(=O)N(Cc1ccccc1)Cc1ccccc1)c1ccncc1. The van der Waals surface area contributed by atoms with Crippen LogP contribution in [-0.4, -0.2) is 21.6 Å². The molecule has 0 N–H and O–H groups in total. The minimum absolute atomic E-state index is 0.353. The number of ketones is 1. The molecule has 0 saturated heterocycles. The van der Waals surface area contributed by atoms with Gasteiger partial charge in [0.1, 0.15) is 0 Å². The Morgan fingerprint density at radius 1 is 0.720 bits per heavy atom. The Morgan fingerprint density at radius 2 is 1.20 bits per heavy atom. The van der Waals surface area contributed by atoms with Gasteiger partial charge in [0, 0.05) is 31.0 Å². The molecular weight excluding hydrogens is 312 g/mol. The van der Waals surface area contributed by atoms with E-state index in [-0.39, 0.29) is 0 Å². The molecule has 25 heavy (non-hydrogen) atoms. The molecule has 0 aliphatic heterocycles. The van der Waals surface area contributed by atoms with Crippen molar-refractivity contribution >= 4 is 11.7 Å². The van der Waals surface area contributed by atoms with Crippen molar-refractivity contribution in [1.82, 2.24) is 9.88 Å². The molecule has 0 saturated carbocycles.